The normalized spacial score (nSPS) is 24.6. The van der Waals surface area contributed by atoms with Crippen molar-refractivity contribution in [2.45, 2.75) is 51.5 Å². The van der Waals surface area contributed by atoms with Gasteiger partial charge < -0.3 is 29.9 Å². The van der Waals surface area contributed by atoms with E-state index in [4.69, 9.17) is 4.65 Å². The minimum atomic E-state index is -1.74. The molecule has 214 valence electrons. The molecule has 0 radical (unpaired) electrons. The Kier molecular flexibility index (Phi) is 8.82. The number of hydrogen-bond acceptors (Lipinski definition) is 8. The van der Waals surface area contributed by atoms with Crippen LogP contribution in [0.3, 0.4) is 0 Å². The van der Waals surface area contributed by atoms with Crippen molar-refractivity contribution < 1.29 is 39.5 Å². The molecule has 3 aliphatic rings. The average Bonchev–Trinajstić information content (AvgIpc) is 3.21. The zero-order valence-corrected chi connectivity index (χ0v) is 23.0. The Balaban J connectivity index is 1.42. The van der Waals surface area contributed by atoms with Crippen LogP contribution in [0.5, 0.6) is 5.75 Å². The van der Waals surface area contributed by atoms with Crippen molar-refractivity contribution in [2.75, 3.05) is 11.5 Å². The number of rotatable bonds is 9. The van der Waals surface area contributed by atoms with Crippen molar-refractivity contribution >= 4 is 43.3 Å². The van der Waals surface area contributed by atoms with Gasteiger partial charge in [-0.3, -0.25) is 14.5 Å². The third-order valence-corrected chi connectivity index (χ3v) is 8.49. The molecule has 2 aromatic carbocycles. The molecule has 5 N–H and O–H groups in total. The van der Waals surface area contributed by atoms with Crippen LogP contribution in [0.25, 0.3) is 6.08 Å². The van der Waals surface area contributed by atoms with Crippen molar-refractivity contribution in [3.05, 3.63) is 70.8 Å². The molecule has 4 atom stereocenters. The second-order valence-electron chi connectivity index (χ2n) is 11.1. The van der Waals surface area contributed by atoms with E-state index in [9.17, 15) is 34.9 Å². The minimum absolute atomic E-state index is 0.143. The number of aliphatic hydroxyl groups excluding tert-OH is 1. The predicted molar refractivity (Wildman–Crippen MR) is 156 cm³/mol. The Bertz CT molecular complexity index is 1360. The van der Waals surface area contributed by atoms with Crippen LogP contribution in [-0.4, -0.2) is 64.0 Å². The second kappa shape index (κ2) is 12.3. The van der Waals surface area contributed by atoms with Crippen LogP contribution in [0, 0.1) is 17.8 Å². The first kappa shape index (κ1) is 29.3. The second-order valence-corrected chi connectivity index (χ2v) is 11.1. The molecule has 0 spiro atoms. The number of aliphatic hydroxyl groups is 1. The van der Waals surface area contributed by atoms with Gasteiger partial charge in [-0.25, -0.2) is 0 Å². The number of allylic oxidation sites excluding steroid dienone is 1. The quantitative estimate of drug-likeness (QED) is 0.178. The highest BCUT2D eigenvalue weighted by atomic mass is 16.5. The zero-order valence-electron chi connectivity index (χ0n) is 23.0. The molecule has 2 aromatic rings. The summed E-state index contributed by atoms with van der Waals surface area (Å²) in [7, 11) is -2.86. The third-order valence-electron chi connectivity index (χ3n) is 8.49. The topological polar surface area (TPSA) is 148 Å². The fourth-order valence-corrected chi connectivity index (χ4v) is 6.70. The van der Waals surface area contributed by atoms with Crippen molar-refractivity contribution in [1.29, 1.82) is 0 Å². The van der Waals surface area contributed by atoms with Crippen molar-refractivity contribution in [2.24, 2.45) is 17.8 Å². The Morgan fingerprint density at radius 3 is 2.54 bits per heavy atom. The number of nitrogens with zero attached hydrogens (tertiary/aromatic N) is 1. The fraction of sp³-hybridized carbons (Fsp3) is 0.400. The number of hydrogen-bond donors (Lipinski definition) is 5. The highest BCUT2D eigenvalue weighted by molar-refractivity contribution is 6.58. The van der Waals surface area contributed by atoms with Gasteiger partial charge in [-0.2, -0.15) is 0 Å². The standard InChI is InChI=1S/C30H35B2NO8/c1-2-4-18(13-19-7-10-23(35)11-8-19)9-12-26-27-20(17-34)14-24-28(25(27)16-31(38)41-26)30(37)33(29(24)36)22-6-3-5-21(15-22)32(39)40/h3,5-8,10-11,13,15,24-26,28,34-35,38-40H,2,4,9,12,14,16-17H2,1H3/b18-13+/t24-,25+,26-,28-/m1/s1. The summed E-state index contributed by atoms with van der Waals surface area (Å²) < 4.78 is 6.01. The molecule has 5 rings (SSSR count). The van der Waals surface area contributed by atoms with Crippen molar-refractivity contribution in [3.8, 4) is 5.75 Å². The van der Waals surface area contributed by atoms with E-state index < -0.39 is 49.9 Å². The molecule has 1 aliphatic carbocycles. The SMILES string of the molecule is CCC/C(=C\c1ccc(O)cc1)CC[C@H]1OB(O)C[C@H]2C1=C(CO)C[C@H]1C(=O)N(c3cccc(B(O)O)c3)C(=O)[C@H]12. The monoisotopic (exact) mass is 559 g/mol. The van der Waals surface area contributed by atoms with Gasteiger partial charge in [0.25, 0.3) is 0 Å². The number of benzene rings is 2. The first-order chi connectivity index (χ1) is 19.7. The minimum Gasteiger partial charge on any atom is -0.508 e. The molecule has 0 saturated carbocycles. The molecule has 0 bridgehead atoms. The Morgan fingerprint density at radius 1 is 1.10 bits per heavy atom. The van der Waals surface area contributed by atoms with E-state index in [0.717, 1.165) is 28.9 Å². The summed E-state index contributed by atoms with van der Waals surface area (Å²) in [6.07, 6.45) is 4.95. The highest BCUT2D eigenvalue weighted by Crippen LogP contribution is 2.51. The number of phenols is 1. The average molecular weight is 559 g/mol. The van der Waals surface area contributed by atoms with E-state index >= 15 is 0 Å². The van der Waals surface area contributed by atoms with Crippen LogP contribution in [0.15, 0.2) is 65.3 Å². The molecular weight excluding hydrogens is 524 g/mol. The van der Waals surface area contributed by atoms with Gasteiger partial charge in [0, 0.05) is 0 Å². The summed E-state index contributed by atoms with van der Waals surface area (Å²) in [5, 5.41) is 49.9. The third kappa shape index (κ3) is 5.91. The van der Waals surface area contributed by atoms with E-state index in [0.29, 0.717) is 18.4 Å². The molecule has 2 heterocycles. The molecular formula is C30H35B2NO8. The number of fused-ring (bicyclic) bond motifs is 3. The molecule has 2 amide bonds. The predicted octanol–water partition coefficient (Wildman–Crippen LogP) is 2.03. The van der Waals surface area contributed by atoms with Gasteiger partial charge in [0.05, 0.1) is 30.2 Å². The first-order valence-electron chi connectivity index (χ1n) is 14.2. The maximum absolute atomic E-state index is 13.8. The summed E-state index contributed by atoms with van der Waals surface area (Å²) in [6, 6.07) is 13.0. The largest absolute Gasteiger partial charge is 0.508 e. The van der Waals surface area contributed by atoms with Crippen LogP contribution >= 0.6 is 0 Å². The first-order valence-corrected chi connectivity index (χ1v) is 14.2. The van der Waals surface area contributed by atoms with Gasteiger partial charge in [0.2, 0.25) is 11.8 Å². The molecule has 11 heteroatoms. The summed E-state index contributed by atoms with van der Waals surface area (Å²) >= 11 is 0. The van der Waals surface area contributed by atoms with Crippen LogP contribution in [-0.2, 0) is 14.2 Å². The molecule has 2 aliphatic heterocycles. The van der Waals surface area contributed by atoms with Crippen LogP contribution in [0.2, 0.25) is 6.32 Å². The van der Waals surface area contributed by atoms with Crippen LogP contribution in [0.1, 0.15) is 44.6 Å². The van der Waals surface area contributed by atoms with Crippen LogP contribution < -0.4 is 10.4 Å². The molecule has 2 fully saturated rings. The Hall–Kier alpha value is -3.21. The van der Waals surface area contributed by atoms with Gasteiger partial charge in [0.1, 0.15) is 5.75 Å². The molecule has 9 nitrogen and oxygen atoms in total. The highest BCUT2D eigenvalue weighted by Gasteiger charge is 2.57. The van der Waals surface area contributed by atoms with Gasteiger partial charge in [0.15, 0.2) is 0 Å². The number of anilines is 1. The van der Waals surface area contributed by atoms with E-state index in [2.05, 4.69) is 13.0 Å². The summed E-state index contributed by atoms with van der Waals surface area (Å²) in [5.74, 6) is -2.44. The number of carbonyl (C=O) groups is 2. The van der Waals surface area contributed by atoms with Crippen molar-refractivity contribution in [1.82, 2.24) is 0 Å². The number of phenolic OH excluding ortho intramolecular Hbond substituents is 1. The lowest BCUT2D eigenvalue weighted by molar-refractivity contribution is -0.122. The number of amides is 2. The van der Waals surface area contributed by atoms with E-state index in [1.54, 1.807) is 24.3 Å². The van der Waals surface area contributed by atoms with Gasteiger partial charge >= 0.3 is 14.2 Å². The fourth-order valence-electron chi connectivity index (χ4n) is 6.70. The van der Waals surface area contributed by atoms with E-state index in [1.807, 2.05) is 12.1 Å². The lowest BCUT2D eigenvalue weighted by atomic mass is 9.58. The molecule has 2 saturated heterocycles. The van der Waals surface area contributed by atoms with Crippen LogP contribution in [0.4, 0.5) is 5.69 Å². The summed E-state index contributed by atoms with van der Waals surface area (Å²) in [5.41, 5.74) is 4.06. The lowest BCUT2D eigenvalue weighted by Crippen LogP contribution is -2.46. The summed E-state index contributed by atoms with van der Waals surface area (Å²) in [6.45, 7) is 1.82. The number of imide groups is 1. The lowest BCUT2D eigenvalue weighted by Gasteiger charge is -2.43. The van der Waals surface area contributed by atoms with Gasteiger partial charge in [-0.05, 0) is 84.4 Å². The number of carbonyl (C=O) groups excluding carboxylic acids is 2. The van der Waals surface area contributed by atoms with Gasteiger partial charge in [-0.1, -0.05) is 49.3 Å². The number of aromatic hydroxyl groups is 1. The zero-order chi connectivity index (χ0) is 29.3. The van der Waals surface area contributed by atoms with Crippen molar-refractivity contribution in [3.63, 3.8) is 0 Å². The molecule has 0 aromatic heterocycles. The Morgan fingerprint density at radius 2 is 1.85 bits per heavy atom. The van der Waals surface area contributed by atoms with E-state index in [-0.39, 0.29) is 36.2 Å². The molecule has 0 unspecified atom stereocenters. The molecule has 41 heavy (non-hydrogen) atoms. The maximum atomic E-state index is 13.8. The Labute approximate surface area is 240 Å². The summed E-state index contributed by atoms with van der Waals surface area (Å²) in [4.78, 5) is 28.5. The smallest absolute Gasteiger partial charge is 0.488 e. The van der Waals surface area contributed by atoms with E-state index in [1.165, 1.54) is 17.7 Å². The maximum Gasteiger partial charge on any atom is 0.488 e. The van der Waals surface area contributed by atoms with Gasteiger partial charge in [-0.15, -0.1) is 0 Å².